The Morgan fingerprint density at radius 2 is 2.15 bits per heavy atom. The average Bonchev–Trinajstić information content (AvgIpc) is 2.11. The van der Waals surface area contributed by atoms with Gasteiger partial charge in [-0.1, -0.05) is 6.07 Å². The molecule has 0 unspecified atom stereocenters. The number of hydrogen-bond donors (Lipinski definition) is 3. The van der Waals surface area contributed by atoms with Crippen LogP contribution in [0, 0.1) is 6.92 Å². The Morgan fingerprint density at radius 1 is 1.38 bits per heavy atom. The van der Waals surface area contributed by atoms with Gasteiger partial charge >= 0.3 is 0 Å². The summed E-state index contributed by atoms with van der Waals surface area (Å²) in [6.07, 6.45) is 0.980. The second kappa shape index (κ2) is 4.72. The van der Waals surface area contributed by atoms with E-state index < -0.39 is 0 Å². The van der Waals surface area contributed by atoms with Gasteiger partial charge in [-0.25, -0.2) is 0 Å². The molecule has 0 saturated carbocycles. The molecule has 0 heterocycles. The first kappa shape index (κ1) is 9.86. The number of nitrogen functional groups attached to an aromatic ring is 1. The van der Waals surface area contributed by atoms with Crippen molar-refractivity contribution in [2.45, 2.75) is 13.3 Å². The quantitative estimate of drug-likeness (QED) is 0.482. The molecular weight excluding hydrogens is 162 g/mol. The Balaban J connectivity index is 2.59. The van der Waals surface area contributed by atoms with E-state index in [0.717, 1.165) is 24.3 Å². The van der Waals surface area contributed by atoms with Crippen LogP contribution in [-0.2, 0) is 0 Å². The molecule has 0 spiro atoms. The Labute approximate surface area is 79.1 Å². The fourth-order valence-electron chi connectivity index (χ4n) is 1.16. The minimum absolute atomic E-state index is 0.717. The monoisotopic (exact) mass is 179 g/mol. The van der Waals surface area contributed by atoms with Crippen molar-refractivity contribution in [3.8, 4) is 0 Å². The highest BCUT2D eigenvalue weighted by atomic mass is 14.9. The standard InChI is InChI=1S/C10H17N3/c1-8-3-4-9(12)7-10(8)13-6-2-5-11/h3-4,7,13H,2,5-6,11-12H2,1H3. The van der Waals surface area contributed by atoms with E-state index in [1.54, 1.807) is 0 Å². The zero-order valence-corrected chi connectivity index (χ0v) is 8.01. The summed E-state index contributed by atoms with van der Waals surface area (Å²) >= 11 is 0. The number of nitrogens with two attached hydrogens (primary N) is 2. The van der Waals surface area contributed by atoms with E-state index >= 15 is 0 Å². The van der Waals surface area contributed by atoms with Crippen LogP contribution in [0.15, 0.2) is 18.2 Å². The molecule has 0 aliphatic rings. The maximum absolute atomic E-state index is 5.67. The molecule has 0 aliphatic heterocycles. The Morgan fingerprint density at radius 3 is 2.85 bits per heavy atom. The van der Waals surface area contributed by atoms with Crippen LogP contribution in [0.3, 0.4) is 0 Å². The molecular formula is C10H17N3. The Hall–Kier alpha value is -1.22. The molecule has 3 nitrogen and oxygen atoms in total. The minimum Gasteiger partial charge on any atom is -0.399 e. The summed E-state index contributed by atoms with van der Waals surface area (Å²) in [6, 6.07) is 5.87. The highest BCUT2D eigenvalue weighted by Crippen LogP contribution is 2.17. The summed E-state index contributed by atoms with van der Waals surface area (Å²) < 4.78 is 0. The van der Waals surface area contributed by atoms with Crippen molar-refractivity contribution >= 4 is 11.4 Å². The molecule has 1 aromatic carbocycles. The Kier molecular flexibility index (Phi) is 3.58. The summed E-state index contributed by atoms with van der Waals surface area (Å²) in [5.41, 5.74) is 14.2. The van der Waals surface area contributed by atoms with Gasteiger partial charge in [0.05, 0.1) is 0 Å². The van der Waals surface area contributed by atoms with Crippen molar-refractivity contribution in [1.29, 1.82) is 0 Å². The number of rotatable bonds is 4. The van der Waals surface area contributed by atoms with Gasteiger partial charge in [-0.3, -0.25) is 0 Å². The lowest BCUT2D eigenvalue weighted by atomic mass is 10.2. The highest BCUT2D eigenvalue weighted by molar-refractivity contribution is 5.59. The third-order valence-corrected chi connectivity index (χ3v) is 1.96. The molecule has 72 valence electrons. The third-order valence-electron chi connectivity index (χ3n) is 1.96. The van der Waals surface area contributed by atoms with Gasteiger partial charge in [0, 0.05) is 17.9 Å². The summed E-state index contributed by atoms with van der Waals surface area (Å²) in [6.45, 7) is 3.68. The van der Waals surface area contributed by atoms with Crippen LogP contribution in [0.1, 0.15) is 12.0 Å². The van der Waals surface area contributed by atoms with Crippen molar-refractivity contribution in [2.75, 3.05) is 24.1 Å². The van der Waals surface area contributed by atoms with Gasteiger partial charge in [-0.05, 0) is 37.6 Å². The number of anilines is 2. The van der Waals surface area contributed by atoms with Crippen molar-refractivity contribution in [2.24, 2.45) is 5.73 Å². The lowest BCUT2D eigenvalue weighted by Crippen LogP contribution is -2.09. The number of aryl methyl sites for hydroxylation is 1. The van der Waals surface area contributed by atoms with Crippen LogP contribution in [0.2, 0.25) is 0 Å². The predicted octanol–water partition coefficient (Wildman–Crippen LogP) is 1.34. The van der Waals surface area contributed by atoms with E-state index in [4.69, 9.17) is 11.5 Å². The second-order valence-electron chi connectivity index (χ2n) is 3.14. The van der Waals surface area contributed by atoms with E-state index in [1.807, 2.05) is 18.2 Å². The van der Waals surface area contributed by atoms with E-state index in [0.29, 0.717) is 6.54 Å². The molecule has 0 atom stereocenters. The molecule has 0 radical (unpaired) electrons. The zero-order valence-electron chi connectivity index (χ0n) is 8.01. The van der Waals surface area contributed by atoms with Gasteiger partial charge in [-0.2, -0.15) is 0 Å². The maximum atomic E-state index is 5.67. The number of benzene rings is 1. The lowest BCUT2D eigenvalue weighted by Gasteiger charge is -2.09. The van der Waals surface area contributed by atoms with Gasteiger partial charge in [0.25, 0.3) is 0 Å². The van der Waals surface area contributed by atoms with E-state index in [1.165, 1.54) is 5.56 Å². The van der Waals surface area contributed by atoms with Crippen LogP contribution in [0.5, 0.6) is 0 Å². The van der Waals surface area contributed by atoms with E-state index in [9.17, 15) is 0 Å². The smallest absolute Gasteiger partial charge is 0.0390 e. The van der Waals surface area contributed by atoms with Crippen LogP contribution in [0.25, 0.3) is 0 Å². The van der Waals surface area contributed by atoms with Crippen molar-refractivity contribution < 1.29 is 0 Å². The average molecular weight is 179 g/mol. The summed E-state index contributed by atoms with van der Waals surface area (Å²) in [7, 11) is 0. The molecule has 0 fully saturated rings. The third kappa shape index (κ3) is 2.95. The Bertz CT molecular complexity index is 271. The van der Waals surface area contributed by atoms with Gasteiger partial charge in [0.15, 0.2) is 0 Å². The molecule has 3 heteroatoms. The fourth-order valence-corrected chi connectivity index (χ4v) is 1.16. The summed E-state index contributed by atoms with van der Waals surface area (Å²) in [4.78, 5) is 0. The summed E-state index contributed by atoms with van der Waals surface area (Å²) in [5, 5.41) is 3.29. The van der Waals surface area contributed by atoms with Crippen LogP contribution in [-0.4, -0.2) is 13.1 Å². The molecule has 0 aromatic heterocycles. The van der Waals surface area contributed by atoms with Crippen molar-refractivity contribution in [3.63, 3.8) is 0 Å². The first-order chi connectivity index (χ1) is 6.24. The number of hydrogen-bond acceptors (Lipinski definition) is 3. The van der Waals surface area contributed by atoms with Gasteiger partial charge < -0.3 is 16.8 Å². The van der Waals surface area contributed by atoms with Gasteiger partial charge in [0.2, 0.25) is 0 Å². The van der Waals surface area contributed by atoms with E-state index in [-0.39, 0.29) is 0 Å². The second-order valence-corrected chi connectivity index (χ2v) is 3.14. The van der Waals surface area contributed by atoms with Crippen LogP contribution >= 0.6 is 0 Å². The van der Waals surface area contributed by atoms with Crippen LogP contribution in [0.4, 0.5) is 11.4 Å². The molecule has 1 aromatic rings. The van der Waals surface area contributed by atoms with Gasteiger partial charge in [0.1, 0.15) is 0 Å². The van der Waals surface area contributed by atoms with Crippen molar-refractivity contribution in [3.05, 3.63) is 23.8 Å². The molecule has 13 heavy (non-hydrogen) atoms. The summed E-state index contributed by atoms with van der Waals surface area (Å²) in [5.74, 6) is 0. The first-order valence-corrected chi connectivity index (χ1v) is 4.54. The van der Waals surface area contributed by atoms with Gasteiger partial charge in [-0.15, -0.1) is 0 Å². The molecule has 0 aliphatic carbocycles. The van der Waals surface area contributed by atoms with Crippen LogP contribution < -0.4 is 16.8 Å². The molecule has 0 amide bonds. The SMILES string of the molecule is Cc1ccc(N)cc1NCCCN. The van der Waals surface area contributed by atoms with E-state index in [2.05, 4.69) is 12.2 Å². The first-order valence-electron chi connectivity index (χ1n) is 4.54. The zero-order chi connectivity index (χ0) is 9.68. The number of nitrogens with one attached hydrogen (secondary N) is 1. The van der Waals surface area contributed by atoms with Crippen molar-refractivity contribution in [1.82, 2.24) is 0 Å². The maximum Gasteiger partial charge on any atom is 0.0390 e. The molecule has 0 bridgehead atoms. The fraction of sp³-hybridized carbons (Fsp3) is 0.400. The normalized spacial score (nSPS) is 10.0. The topological polar surface area (TPSA) is 64.1 Å². The lowest BCUT2D eigenvalue weighted by molar-refractivity contribution is 0.873. The molecule has 5 N–H and O–H groups in total. The highest BCUT2D eigenvalue weighted by Gasteiger charge is 1.96. The molecule has 0 saturated heterocycles. The largest absolute Gasteiger partial charge is 0.399 e. The minimum atomic E-state index is 0.717. The molecule has 1 rings (SSSR count). The predicted molar refractivity (Wildman–Crippen MR) is 57.8 cm³/mol.